The van der Waals surface area contributed by atoms with Crippen molar-refractivity contribution >= 4 is 17.0 Å². The zero-order valence-electron chi connectivity index (χ0n) is 16.9. The number of β-amino-alcohol motifs (C(OH)–C–C–N with tert-alkyl or cyclic N) is 1. The van der Waals surface area contributed by atoms with Crippen molar-refractivity contribution < 1.29 is 9.84 Å². The van der Waals surface area contributed by atoms with Gasteiger partial charge in [-0.2, -0.15) is 0 Å². The van der Waals surface area contributed by atoms with Crippen molar-refractivity contribution in [2.24, 2.45) is 0 Å². The molecule has 0 radical (unpaired) electrons. The lowest BCUT2D eigenvalue weighted by atomic mass is 10.1. The number of aliphatic hydroxyl groups is 1. The fraction of sp³-hybridized carbons (Fsp3) is 0.333. The first kappa shape index (κ1) is 19.7. The van der Waals surface area contributed by atoms with Crippen LogP contribution in [0.25, 0.3) is 17.0 Å². The smallest absolute Gasteiger partial charge is 0.119 e. The molecule has 1 saturated heterocycles. The molecule has 1 unspecified atom stereocenters. The Morgan fingerprint density at radius 2 is 1.83 bits per heavy atom. The molecule has 1 fully saturated rings. The van der Waals surface area contributed by atoms with Crippen LogP contribution in [0.4, 0.5) is 0 Å². The van der Waals surface area contributed by atoms with Crippen LogP contribution >= 0.6 is 0 Å². The number of hydrogen-bond donors (Lipinski definition) is 2. The molecule has 3 aromatic rings. The molecule has 5 heteroatoms. The predicted molar refractivity (Wildman–Crippen MR) is 118 cm³/mol. The Kier molecular flexibility index (Phi) is 6.30. The van der Waals surface area contributed by atoms with E-state index in [-0.39, 0.29) is 0 Å². The molecule has 1 aliphatic rings. The van der Waals surface area contributed by atoms with E-state index in [4.69, 9.17) is 4.74 Å². The number of rotatable bonds is 7. The van der Waals surface area contributed by atoms with Gasteiger partial charge < -0.3 is 14.8 Å². The van der Waals surface area contributed by atoms with Gasteiger partial charge in [-0.1, -0.05) is 42.5 Å². The largest absolute Gasteiger partial charge is 0.497 e. The quantitative estimate of drug-likeness (QED) is 0.647. The molecule has 5 nitrogen and oxygen atoms in total. The monoisotopic (exact) mass is 391 g/mol. The Morgan fingerprint density at radius 1 is 1.07 bits per heavy atom. The highest BCUT2D eigenvalue weighted by atomic mass is 16.5. The first-order valence-corrected chi connectivity index (χ1v) is 10.2. The zero-order chi connectivity index (χ0) is 20.1. The Bertz CT molecular complexity index is 943. The lowest BCUT2D eigenvalue weighted by Gasteiger charge is -2.35. The molecule has 1 aromatic heterocycles. The van der Waals surface area contributed by atoms with Crippen LogP contribution in [0.5, 0.6) is 5.75 Å². The molecule has 0 amide bonds. The maximum Gasteiger partial charge on any atom is 0.119 e. The summed E-state index contributed by atoms with van der Waals surface area (Å²) in [5, 5.41) is 11.9. The van der Waals surface area contributed by atoms with E-state index in [0.717, 1.165) is 54.9 Å². The number of nitrogens with zero attached hydrogens (tertiary/aromatic N) is 2. The molecular weight excluding hydrogens is 362 g/mol. The normalized spacial score (nSPS) is 17.2. The van der Waals surface area contributed by atoms with Gasteiger partial charge in [0.25, 0.3) is 0 Å². The molecule has 2 N–H and O–H groups in total. The fourth-order valence-corrected chi connectivity index (χ4v) is 3.92. The van der Waals surface area contributed by atoms with Crippen molar-refractivity contribution in [3.8, 4) is 5.75 Å². The number of nitrogens with one attached hydrogen (secondary N) is 1. The molecule has 1 atom stereocenters. The van der Waals surface area contributed by atoms with Gasteiger partial charge in [-0.05, 0) is 23.8 Å². The zero-order valence-corrected chi connectivity index (χ0v) is 16.9. The van der Waals surface area contributed by atoms with Crippen LogP contribution in [0.3, 0.4) is 0 Å². The molecule has 0 spiro atoms. The molecule has 2 aromatic carbocycles. The topological polar surface area (TPSA) is 51.7 Å². The Balaban J connectivity index is 1.29. The van der Waals surface area contributed by atoms with E-state index in [1.54, 1.807) is 7.11 Å². The Labute approximate surface area is 172 Å². The summed E-state index contributed by atoms with van der Waals surface area (Å²) in [4.78, 5) is 8.06. The van der Waals surface area contributed by atoms with Gasteiger partial charge in [0, 0.05) is 61.9 Å². The number of fused-ring (bicyclic) bond motifs is 1. The van der Waals surface area contributed by atoms with Crippen LogP contribution in [-0.2, 0) is 0 Å². The lowest BCUT2D eigenvalue weighted by molar-refractivity contribution is 0.0770. The fourth-order valence-electron chi connectivity index (χ4n) is 3.92. The SMILES string of the molecule is COc1ccc2[nH]cc(C(O)CN3CCN(C/C=C/c4ccccc4)CC3)c2c1. The molecule has 29 heavy (non-hydrogen) atoms. The molecular formula is C24H29N3O2. The highest BCUT2D eigenvalue weighted by Crippen LogP contribution is 2.28. The highest BCUT2D eigenvalue weighted by Gasteiger charge is 2.21. The van der Waals surface area contributed by atoms with Gasteiger partial charge >= 0.3 is 0 Å². The molecule has 1 aliphatic heterocycles. The summed E-state index contributed by atoms with van der Waals surface area (Å²) in [6.07, 6.45) is 5.82. The number of aromatic nitrogens is 1. The molecule has 0 aliphatic carbocycles. The minimum Gasteiger partial charge on any atom is -0.497 e. The van der Waals surface area contributed by atoms with E-state index in [2.05, 4.69) is 51.2 Å². The van der Waals surface area contributed by atoms with E-state index in [9.17, 15) is 5.11 Å². The minimum atomic E-state index is -0.514. The van der Waals surface area contributed by atoms with E-state index in [1.807, 2.05) is 30.5 Å². The summed E-state index contributed by atoms with van der Waals surface area (Å²) in [7, 11) is 1.67. The standard InChI is InChI=1S/C24H29N3O2/c1-29-20-9-10-23-21(16-20)22(17-25-23)24(28)18-27-14-12-26(13-15-27)11-5-8-19-6-3-2-4-7-19/h2-10,16-17,24-25,28H,11-15,18H2,1H3/b8-5+. The summed E-state index contributed by atoms with van der Waals surface area (Å²) < 4.78 is 5.33. The number of ether oxygens (including phenoxy) is 1. The van der Waals surface area contributed by atoms with Crippen LogP contribution in [0.15, 0.2) is 60.8 Å². The van der Waals surface area contributed by atoms with Gasteiger partial charge in [-0.3, -0.25) is 9.80 Å². The van der Waals surface area contributed by atoms with Gasteiger partial charge in [0.2, 0.25) is 0 Å². The van der Waals surface area contributed by atoms with Gasteiger partial charge in [0.15, 0.2) is 0 Å². The average Bonchev–Trinajstić information content (AvgIpc) is 3.19. The predicted octanol–water partition coefficient (Wildman–Crippen LogP) is 3.54. The van der Waals surface area contributed by atoms with Gasteiger partial charge in [0.05, 0.1) is 13.2 Å². The molecule has 152 valence electrons. The third kappa shape index (κ3) is 4.88. The second-order valence-electron chi connectivity index (χ2n) is 7.59. The van der Waals surface area contributed by atoms with Crippen molar-refractivity contribution in [1.29, 1.82) is 0 Å². The van der Waals surface area contributed by atoms with Crippen molar-refractivity contribution in [2.75, 3.05) is 46.4 Å². The molecule has 0 saturated carbocycles. The van der Waals surface area contributed by atoms with Gasteiger partial charge in [0.1, 0.15) is 5.75 Å². The summed E-state index contributed by atoms with van der Waals surface area (Å²) in [5.41, 5.74) is 3.20. The molecule has 0 bridgehead atoms. The Hall–Kier alpha value is -2.60. The van der Waals surface area contributed by atoms with Crippen molar-refractivity contribution in [1.82, 2.24) is 14.8 Å². The summed E-state index contributed by atoms with van der Waals surface area (Å²) in [6, 6.07) is 16.3. The molecule has 2 heterocycles. The van der Waals surface area contributed by atoms with Crippen LogP contribution in [-0.4, -0.2) is 66.3 Å². The van der Waals surface area contributed by atoms with Crippen molar-refractivity contribution in [3.05, 3.63) is 71.9 Å². The first-order chi connectivity index (χ1) is 14.2. The van der Waals surface area contributed by atoms with Gasteiger partial charge in [-0.25, -0.2) is 0 Å². The van der Waals surface area contributed by atoms with Crippen LogP contribution < -0.4 is 4.74 Å². The van der Waals surface area contributed by atoms with E-state index in [0.29, 0.717) is 6.54 Å². The first-order valence-electron chi connectivity index (χ1n) is 10.2. The number of benzene rings is 2. The van der Waals surface area contributed by atoms with Crippen LogP contribution in [0.1, 0.15) is 17.2 Å². The van der Waals surface area contributed by atoms with E-state index in [1.165, 1.54) is 5.56 Å². The summed E-state index contributed by atoms with van der Waals surface area (Å²) in [6.45, 7) is 5.61. The van der Waals surface area contributed by atoms with Gasteiger partial charge in [-0.15, -0.1) is 0 Å². The number of H-pyrrole nitrogens is 1. The maximum absolute atomic E-state index is 10.8. The number of piperazine rings is 1. The van der Waals surface area contributed by atoms with E-state index < -0.39 is 6.10 Å². The summed E-state index contributed by atoms with van der Waals surface area (Å²) in [5.74, 6) is 0.808. The number of hydrogen-bond acceptors (Lipinski definition) is 4. The second-order valence-corrected chi connectivity index (χ2v) is 7.59. The van der Waals surface area contributed by atoms with Crippen LogP contribution in [0.2, 0.25) is 0 Å². The number of methoxy groups -OCH3 is 1. The lowest BCUT2D eigenvalue weighted by Crippen LogP contribution is -2.47. The second kappa shape index (κ2) is 9.27. The number of aromatic amines is 1. The molecule has 4 rings (SSSR count). The maximum atomic E-state index is 10.8. The minimum absolute atomic E-state index is 0.514. The average molecular weight is 392 g/mol. The highest BCUT2D eigenvalue weighted by molar-refractivity contribution is 5.85. The number of aliphatic hydroxyl groups excluding tert-OH is 1. The van der Waals surface area contributed by atoms with Crippen molar-refractivity contribution in [2.45, 2.75) is 6.10 Å². The van der Waals surface area contributed by atoms with Crippen molar-refractivity contribution in [3.63, 3.8) is 0 Å². The summed E-state index contributed by atoms with van der Waals surface area (Å²) >= 11 is 0. The third-order valence-corrected chi connectivity index (χ3v) is 5.65. The van der Waals surface area contributed by atoms with Crippen LogP contribution in [0, 0.1) is 0 Å². The third-order valence-electron chi connectivity index (χ3n) is 5.65. The Morgan fingerprint density at radius 3 is 2.59 bits per heavy atom. The van der Waals surface area contributed by atoms with E-state index >= 15 is 0 Å².